The Labute approximate surface area is 454 Å². The Kier molecular flexibility index (Phi) is 9.15. The van der Waals surface area contributed by atoms with Gasteiger partial charge in [-0.15, -0.1) is 11.3 Å². The first-order chi connectivity index (χ1) is 37.4. The van der Waals surface area contributed by atoms with E-state index in [1.165, 1.54) is 159 Å². The van der Waals surface area contributed by atoms with E-state index in [0.29, 0.717) is 0 Å². The second kappa shape index (κ2) is 15.8. The molecule has 0 bridgehead atoms. The van der Waals surface area contributed by atoms with E-state index < -0.39 is 0 Å². The molecule has 1 nitrogen and oxygen atoms in total. The molecule has 0 saturated heterocycles. The van der Waals surface area contributed by atoms with Crippen LogP contribution in [0.15, 0.2) is 224 Å². The number of fused-ring (bicyclic) bond motifs is 15. The van der Waals surface area contributed by atoms with E-state index in [0.717, 1.165) is 0 Å². The van der Waals surface area contributed by atoms with Crippen molar-refractivity contribution in [2.75, 3.05) is 4.90 Å². The van der Waals surface area contributed by atoms with Crippen LogP contribution in [0.4, 0.5) is 17.1 Å². The van der Waals surface area contributed by atoms with Gasteiger partial charge in [0.2, 0.25) is 0 Å². The first-order valence-corrected chi connectivity index (χ1v) is 28.1. The fraction of sp³-hybridized carbons (Fsp3) is 0.120. The third-order valence-electron chi connectivity index (χ3n) is 18.4. The van der Waals surface area contributed by atoms with Crippen molar-refractivity contribution in [1.29, 1.82) is 0 Å². The summed E-state index contributed by atoms with van der Waals surface area (Å²) in [6.07, 6.45) is 0. The van der Waals surface area contributed by atoms with E-state index in [-0.39, 0.29) is 16.2 Å². The van der Waals surface area contributed by atoms with Gasteiger partial charge in [-0.1, -0.05) is 199 Å². The summed E-state index contributed by atoms with van der Waals surface area (Å²) in [5.41, 5.74) is 24.3. The molecule has 0 unspecified atom stereocenters. The molecule has 0 spiro atoms. The van der Waals surface area contributed by atoms with E-state index in [1.807, 2.05) is 11.3 Å². The summed E-state index contributed by atoms with van der Waals surface area (Å²) in [5.74, 6) is 0. The highest BCUT2D eigenvalue weighted by Gasteiger charge is 2.40. The van der Waals surface area contributed by atoms with Crippen molar-refractivity contribution in [1.82, 2.24) is 0 Å². The monoisotopic (exact) mass is 1000 g/mol. The Morgan fingerprint density at radius 1 is 0.286 bits per heavy atom. The molecule has 12 aromatic carbocycles. The van der Waals surface area contributed by atoms with Crippen molar-refractivity contribution in [3.8, 4) is 55.6 Å². The number of nitrogens with zero attached hydrogens (tertiary/aromatic N) is 1. The van der Waals surface area contributed by atoms with E-state index >= 15 is 0 Å². The lowest BCUT2D eigenvalue weighted by molar-refractivity contribution is 0.659. The first-order valence-electron chi connectivity index (χ1n) is 27.3. The Bertz CT molecular complexity index is 4620. The zero-order valence-electron chi connectivity index (χ0n) is 44.2. The highest BCUT2D eigenvalue weighted by molar-refractivity contribution is 7.26. The van der Waals surface area contributed by atoms with Gasteiger partial charge in [-0.2, -0.15) is 0 Å². The van der Waals surface area contributed by atoms with Gasteiger partial charge in [0.1, 0.15) is 0 Å². The molecule has 3 aliphatic rings. The number of thiophene rings is 1. The maximum Gasteiger partial charge on any atom is 0.0465 e. The summed E-state index contributed by atoms with van der Waals surface area (Å²) < 4.78 is 2.64. The fourth-order valence-corrected chi connectivity index (χ4v) is 15.7. The van der Waals surface area contributed by atoms with Crippen LogP contribution in [0.2, 0.25) is 0 Å². The van der Waals surface area contributed by atoms with Crippen LogP contribution < -0.4 is 4.90 Å². The van der Waals surface area contributed by atoms with Crippen molar-refractivity contribution in [2.24, 2.45) is 0 Å². The molecule has 0 saturated carbocycles. The molecule has 13 aromatic rings. The van der Waals surface area contributed by atoms with Crippen molar-refractivity contribution in [3.63, 3.8) is 0 Å². The van der Waals surface area contributed by atoms with Crippen LogP contribution in [-0.2, 0) is 16.2 Å². The van der Waals surface area contributed by atoms with Crippen LogP contribution in [0.5, 0.6) is 0 Å². The van der Waals surface area contributed by atoms with E-state index in [1.54, 1.807) is 0 Å². The van der Waals surface area contributed by atoms with Crippen LogP contribution in [-0.4, -0.2) is 0 Å². The van der Waals surface area contributed by atoms with Crippen LogP contribution in [0.25, 0.3) is 108 Å². The molecule has 0 fully saturated rings. The summed E-state index contributed by atoms with van der Waals surface area (Å²) >= 11 is 1.89. The van der Waals surface area contributed by atoms with E-state index in [4.69, 9.17) is 0 Å². The minimum absolute atomic E-state index is 0.133. The van der Waals surface area contributed by atoms with Crippen LogP contribution in [0.1, 0.15) is 74.9 Å². The predicted octanol–water partition coefficient (Wildman–Crippen LogP) is 21.2. The van der Waals surface area contributed by atoms with Gasteiger partial charge in [0.15, 0.2) is 0 Å². The van der Waals surface area contributed by atoms with Gasteiger partial charge in [-0.25, -0.2) is 0 Å². The lowest BCUT2D eigenvalue weighted by Gasteiger charge is -2.31. The standard InChI is InChI=1S/C75H55NS/c1-73(2)62-26-14-11-20-50(62)53-35-31-47(41-65(53)73)76(48-32-36-54-51-21-12-15-27-63(51)74(3,4)66(54)42-48)49-33-37-55-52-34-30-46(40-64(52)75(5,6)67(55)43-49)70-56-22-9-10-23-57(56)71(61-39-45-19-8-7-18-44(45)38-60(61)70)59-25-17-29-69-72(59)58-24-13-16-28-68(58)77-69/h7-43H,1-6H3. The minimum atomic E-state index is -0.292. The van der Waals surface area contributed by atoms with Crippen molar-refractivity contribution in [3.05, 3.63) is 258 Å². The second-order valence-electron chi connectivity index (χ2n) is 23.6. The largest absolute Gasteiger partial charge is 0.310 e. The highest BCUT2D eigenvalue weighted by Crippen LogP contribution is 2.57. The molecule has 2 heteroatoms. The maximum atomic E-state index is 2.54. The van der Waals surface area contributed by atoms with Crippen LogP contribution in [0.3, 0.4) is 0 Å². The zero-order chi connectivity index (χ0) is 51.7. The summed E-state index contributed by atoms with van der Waals surface area (Å²) in [6.45, 7) is 14.4. The minimum Gasteiger partial charge on any atom is -0.310 e. The fourth-order valence-electron chi connectivity index (χ4n) is 14.6. The van der Waals surface area contributed by atoms with Gasteiger partial charge in [-0.3, -0.25) is 0 Å². The maximum absolute atomic E-state index is 2.54. The SMILES string of the molecule is CC1(C)c2ccccc2-c2ccc(N(c3ccc4c(c3)C(C)(C)c3ccccc3-4)c3ccc4c(c3)C(C)(C)c3cc(-c5c6ccccc6c(-c6cccc7sc8ccccc8c67)c6cc7ccccc7cc56)ccc3-4)cc21. The molecule has 77 heavy (non-hydrogen) atoms. The van der Waals surface area contributed by atoms with Crippen molar-refractivity contribution in [2.45, 2.75) is 57.8 Å². The average Bonchev–Trinajstić information content (AvgIpc) is 4.26. The molecule has 0 amide bonds. The molecule has 16 rings (SSSR count). The van der Waals surface area contributed by atoms with Crippen LogP contribution in [0, 0.1) is 0 Å². The summed E-state index contributed by atoms with van der Waals surface area (Å²) in [6, 6.07) is 85.8. The number of rotatable bonds is 5. The van der Waals surface area contributed by atoms with E-state index in [2.05, 4.69) is 271 Å². The average molecular weight is 1000 g/mol. The molecule has 0 aliphatic heterocycles. The third kappa shape index (κ3) is 6.16. The van der Waals surface area contributed by atoms with Crippen molar-refractivity contribution >= 4 is 80.9 Å². The zero-order valence-corrected chi connectivity index (χ0v) is 45.0. The smallest absolute Gasteiger partial charge is 0.0465 e. The number of benzene rings is 12. The number of hydrogen-bond acceptors (Lipinski definition) is 2. The van der Waals surface area contributed by atoms with Gasteiger partial charge in [-0.05, 0) is 188 Å². The first kappa shape index (κ1) is 44.7. The summed E-state index contributed by atoms with van der Waals surface area (Å²) in [7, 11) is 0. The molecule has 366 valence electrons. The molecular formula is C75H55NS. The Balaban J connectivity index is 0.875. The van der Waals surface area contributed by atoms with Gasteiger partial charge in [0.05, 0.1) is 0 Å². The van der Waals surface area contributed by atoms with E-state index in [9.17, 15) is 0 Å². The van der Waals surface area contributed by atoms with Gasteiger partial charge < -0.3 is 4.90 Å². The topological polar surface area (TPSA) is 3.24 Å². The number of hydrogen-bond donors (Lipinski definition) is 0. The normalized spacial score (nSPS) is 14.9. The van der Waals surface area contributed by atoms with Gasteiger partial charge in [0, 0.05) is 53.5 Å². The predicted molar refractivity (Wildman–Crippen MR) is 330 cm³/mol. The molecular weight excluding hydrogens is 947 g/mol. The lowest BCUT2D eigenvalue weighted by atomic mass is 9.80. The van der Waals surface area contributed by atoms with Crippen LogP contribution >= 0.6 is 11.3 Å². The highest BCUT2D eigenvalue weighted by atomic mass is 32.1. The van der Waals surface area contributed by atoms with Crippen molar-refractivity contribution < 1.29 is 0 Å². The molecule has 3 aliphatic carbocycles. The quantitative estimate of drug-likeness (QED) is 0.155. The Morgan fingerprint density at radius 2 is 0.688 bits per heavy atom. The Morgan fingerprint density at radius 3 is 1.26 bits per heavy atom. The van der Waals surface area contributed by atoms with Gasteiger partial charge in [0.25, 0.3) is 0 Å². The summed E-state index contributed by atoms with van der Waals surface area (Å²) in [5, 5.41) is 10.3. The Hall–Kier alpha value is -8.56. The molecule has 0 N–H and O–H groups in total. The lowest BCUT2D eigenvalue weighted by Crippen LogP contribution is -2.19. The molecule has 1 aromatic heterocycles. The molecule has 1 heterocycles. The number of anilines is 3. The van der Waals surface area contributed by atoms with Gasteiger partial charge >= 0.3 is 0 Å². The molecule has 0 atom stereocenters. The summed E-state index contributed by atoms with van der Waals surface area (Å²) in [4.78, 5) is 2.53. The third-order valence-corrected chi connectivity index (χ3v) is 19.6. The second-order valence-corrected chi connectivity index (χ2v) is 24.7. The molecule has 0 radical (unpaired) electrons.